The predicted molar refractivity (Wildman–Crippen MR) is 66.1 cm³/mol. The van der Waals surface area contributed by atoms with Gasteiger partial charge in [0.15, 0.2) is 0 Å². The van der Waals surface area contributed by atoms with Crippen molar-refractivity contribution in [2.45, 2.75) is 51.5 Å². The zero-order valence-electron chi connectivity index (χ0n) is 10.2. The maximum Gasteiger partial charge on any atom is 0.0934 e. The monoisotopic (exact) mass is 221 g/mol. The summed E-state index contributed by atoms with van der Waals surface area (Å²) in [6.07, 6.45) is 11.2. The Balaban J connectivity index is 1.91. The topological polar surface area (TPSA) is 39.2 Å². The van der Waals surface area contributed by atoms with Gasteiger partial charge in [-0.3, -0.25) is 0 Å². The molecule has 0 aliphatic heterocycles. The molecule has 1 fully saturated rings. The maximum absolute atomic E-state index is 6.22. The molecule has 1 saturated carbocycles. The lowest BCUT2D eigenvalue weighted by Gasteiger charge is -2.34. The summed E-state index contributed by atoms with van der Waals surface area (Å²) in [6.45, 7) is 2.28. The van der Waals surface area contributed by atoms with Crippen LogP contribution in [0.5, 0.6) is 0 Å². The average molecular weight is 221 g/mol. The second kappa shape index (κ2) is 5.53. The third-order valence-corrected chi connectivity index (χ3v) is 3.92. The highest BCUT2D eigenvalue weighted by Gasteiger charge is 2.27. The molecule has 90 valence electrons. The van der Waals surface area contributed by atoms with Gasteiger partial charge in [-0.1, -0.05) is 19.8 Å². The van der Waals surface area contributed by atoms with Crippen LogP contribution in [0.15, 0.2) is 23.0 Å². The number of hydrogen-bond acceptors (Lipinski definition) is 2. The Labute approximate surface area is 98.2 Å². The molecular formula is C14H23NO. The van der Waals surface area contributed by atoms with Gasteiger partial charge in [-0.25, -0.2) is 0 Å². The van der Waals surface area contributed by atoms with E-state index in [0.29, 0.717) is 12.0 Å². The normalized spacial score (nSPS) is 30.5. The molecule has 0 aromatic carbocycles. The van der Waals surface area contributed by atoms with Crippen LogP contribution in [0.4, 0.5) is 0 Å². The smallest absolute Gasteiger partial charge is 0.0934 e. The first kappa shape index (κ1) is 11.7. The van der Waals surface area contributed by atoms with Crippen LogP contribution in [0.3, 0.4) is 0 Å². The van der Waals surface area contributed by atoms with E-state index in [9.17, 15) is 0 Å². The number of hydrogen-bond donors (Lipinski definition) is 1. The lowest BCUT2D eigenvalue weighted by molar-refractivity contribution is 0.221. The molecule has 2 heteroatoms. The van der Waals surface area contributed by atoms with Crippen LogP contribution < -0.4 is 5.73 Å². The van der Waals surface area contributed by atoms with E-state index in [2.05, 4.69) is 13.0 Å². The Morgan fingerprint density at radius 3 is 3.00 bits per heavy atom. The van der Waals surface area contributed by atoms with E-state index in [-0.39, 0.29) is 0 Å². The van der Waals surface area contributed by atoms with E-state index in [4.69, 9.17) is 10.2 Å². The molecule has 1 aliphatic rings. The van der Waals surface area contributed by atoms with Crippen molar-refractivity contribution in [3.05, 3.63) is 24.2 Å². The minimum Gasteiger partial charge on any atom is -0.472 e. The summed E-state index contributed by atoms with van der Waals surface area (Å²) in [5.41, 5.74) is 7.53. The molecular weight excluding hydrogens is 198 g/mol. The molecule has 1 aromatic rings. The Kier molecular flexibility index (Phi) is 4.05. The van der Waals surface area contributed by atoms with Crippen molar-refractivity contribution in [1.82, 2.24) is 0 Å². The summed E-state index contributed by atoms with van der Waals surface area (Å²) in [4.78, 5) is 0. The van der Waals surface area contributed by atoms with Crippen LogP contribution in [0.25, 0.3) is 0 Å². The van der Waals surface area contributed by atoms with Crippen LogP contribution in [-0.4, -0.2) is 6.04 Å². The Hall–Kier alpha value is -0.760. The van der Waals surface area contributed by atoms with Gasteiger partial charge in [0, 0.05) is 6.04 Å². The minimum atomic E-state index is 0.392. The molecule has 0 saturated heterocycles. The van der Waals surface area contributed by atoms with Crippen LogP contribution in [-0.2, 0) is 6.42 Å². The molecule has 3 unspecified atom stereocenters. The summed E-state index contributed by atoms with van der Waals surface area (Å²) in [5.74, 6) is 1.56. The van der Waals surface area contributed by atoms with Gasteiger partial charge in [-0.2, -0.15) is 0 Å². The van der Waals surface area contributed by atoms with E-state index in [0.717, 1.165) is 12.3 Å². The van der Waals surface area contributed by atoms with Crippen molar-refractivity contribution in [3.8, 4) is 0 Å². The van der Waals surface area contributed by atoms with Gasteiger partial charge in [-0.05, 0) is 49.1 Å². The van der Waals surface area contributed by atoms with Crippen molar-refractivity contribution in [2.75, 3.05) is 0 Å². The first-order valence-corrected chi connectivity index (χ1v) is 6.56. The van der Waals surface area contributed by atoms with Crippen LogP contribution in [0, 0.1) is 11.8 Å². The van der Waals surface area contributed by atoms with Gasteiger partial charge in [0.05, 0.1) is 12.5 Å². The molecule has 0 bridgehead atoms. The quantitative estimate of drug-likeness (QED) is 0.846. The van der Waals surface area contributed by atoms with Gasteiger partial charge < -0.3 is 10.2 Å². The predicted octanol–water partition coefficient (Wildman–Crippen LogP) is 3.37. The molecule has 16 heavy (non-hydrogen) atoms. The third kappa shape index (κ3) is 2.88. The van der Waals surface area contributed by atoms with E-state index in [1.165, 1.54) is 37.7 Å². The highest BCUT2D eigenvalue weighted by atomic mass is 16.3. The molecule has 0 amide bonds. The summed E-state index contributed by atoms with van der Waals surface area (Å²) in [6, 6.07) is 2.46. The summed E-state index contributed by atoms with van der Waals surface area (Å²) >= 11 is 0. The van der Waals surface area contributed by atoms with Crippen molar-refractivity contribution >= 4 is 0 Å². The largest absolute Gasteiger partial charge is 0.472 e. The van der Waals surface area contributed by atoms with Gasteiger partial charge in [0.2, 0.25) is 0 Å². The van der Waals surface area contributed by atoms with Gasteiger partial charge >= 0.3 is 0 Å². The van der Waals surface area contributed by atoms with Crippen LogP contribution in [0.1, 0.15) is 44.6 Å². The van der Waals surface area contributed by atoms with Crippen molar-refractivity contribution in [1.29, 1.82) is 0 Å². The molecule has 1 aromatic heterocycles. The second-order valence-corrected chi connectivity index (χ2v) is 5.23. The van der Waals surface area contributed by atoms with Crippen molar-refractivity contribution in [3.63, 3.8) is 0 Å². The molecule has 2 rings (SSSR count). The van der Waals surface area contributed by atoms with E-state index in [1.807, 2.05) is 6.26 Å². The SMILES string of the molecule is CCCC1CCC(N)C(Cc2ccoc2)C1. The average Bonchev–Trinajstić information content (AvgIpc) is 2.76. The van der Waals surface area contributed by atoms with E-state index < -0.39 is 0 Å². The number of furan rings is 1. The highest BCUT2D eigenvalue weighted by Crippen LogP contribution is 2.33. The fourth-order valence-corrected chi connectivity index (χ4v) is 3.00. The number of rotatable bonds is 4. The third-order valence-electron chi connectivity index (χ3n) is 3.92. The second-order valence-electron chi connectivity index (χ2n) is 5.23. The minimum absolute atomic E-state index is 0.392. The zero-order valence-corrected chi connectivity index (χ0v) is 10.2. The number of nitrogens with two attached hydrogens (primary N) is 1. The van der Waals surface area contributed by atoms with Crippen LogP contribution >= 0.6 is 0 Å². The fraction of sp³-hybridized carbons (Fsp3) is 0.714. The molecule has 3 atom stereocenters. The fourth-order valence-electron chi connectivity index (χ4n) is 3.00. The standard InChI is InChI=1S/C14H23NO/c1-2-3-11-4-5-14(15)13(8-11)9-12-6-7-16-10-12/h6-7,10-11,13-14H,2-5,8-9,15H2,1H3. The molecule has 0 spiro atoms. The van der Waals surface area contributed by atoms with E-state index >= 15 is 0 Å². The molecule has 0 radical (unpaired) electrons. The summed E-state index contributed by atoms with van der Waals surface area (Å²) in [7, 11) is 0. The Bertz CT molecular complexity index is 294. The van der Waals surface area contributed by atoms with Gasteiger partial charge in [0.1, 0.15) is 0 Å². The molecule has 2 nitrogen and oxygen atoms in total. The first-order chi connectivity index (χ1) is 7.79. The van der Waals surface area contributed by atoms with Crippen molar-refractivity contribution < 1.29 is 4.42 Å². The molecule has 1 aliphatic carbocycles. The lowest BCUT2D eigenvalue weighted by Crippen LogP contribution is -2.37. The van der Waals surface area contributed by atoms with Crippen LogP contribution in [0.2, 0.25) is 0 Å². The highest BCUT2D eigenvalue weighted by molar-refractivity contribution is 5.07. The molecule has 2 N–H and O–H groups in total. The first-order valence-electron chi connectivity index (χ1n) is 6.56. The maximum atomic E-state index is 6.22. The van der Waals surface area contributed by atoms with Gasteiger partial charge in [0.25, 0.3) is 0 Å². The summed E-state index contributed by atoms with van der Waals surface area (Å²) in [5, 5.41) is 0. The van der Waals surface area contributed by atoms with E-state index in [1.54, 1.807) is 6.26 Å². The summed E-state index contributed by atoms with van der Waals surface area (Å²) < 4.78 is 5.12. The van der Waals surface area contributed by atoms with Crippen molar-refractivity contribution in [2.24, 2.45) is 17.6 Å². The zero-order chi connectivity index (χ0) is 11.4. The Morgan fingerprint density at radius 1 is 1.44 bits per heavy atom. The molecule has 1 heterocycles. The van der Waals surface area contributed by atoms with Gasteiger partial charge in [-0.15, -0.1) is 0 Å². The lowest BCUT2D eigenvalue weighted by atomic mass is 9.74. The Morgan fingerprint density at radius 2 is 2.31 bits per heavy atom.